The SMILES string of the molecule is CCCC.CCCCCCCCCCCC. The maximum atomic E-state index is 2.28. The molecule has 0 unspecified atom stereocenters. The van der Waals surface area contributed by atoms with E-state index in [1.165, 1.54) is 77.0 Å². The average Bonchev–Trinajstić information content (AvgIpc) is 2.33. The molecule has 0 aromatic heterocycles. The Labute approximate surface area is 105 Å². The Bertz CT molecular complexity index is 74.0. The average molecular weight is 228 g/mol. The van der Waals surface area contributed by atoms with Gasteiger partial charge in [-0.2, -0.15) is 0 Å². The molecule has 0 fully saturated rings. The van der Waals surface area contributed by atoms with Gasteiger partial charge in [-0.25, -0.2) is 0 Å². The molecule has 0 spiro atoms. The zero-order chi connectivity index (χ0) is 12.5. The summed E-state index contributed by atoms with van der Waals surface area (Å²) in [4.78, 5) is 0. The highest BCUT2D eigenvalue weighted by molar-refractivity contribution is 4.45. The van der Waals surface area contributed by atoms with Crippen LogP contribution in [-0.2, 0) is 0 Å². The van der Waals surface area contributed by atoms with Gasteiger partial charge in [-0.15, -0.1) is 0 Å². The van der Waals surface area contributed by atoms with Gasteiger partial charge >= 0.3 is 0 Å². The van der Waals surface area contributed by atoms with Gasteiger partial charge in [0.25, 0.3) is 0 Å². The van der Waals surface area contributed by atoms with Crippen LogP contribution in [0.4, 0.5) is 0 Å². The van der Waals surface area contributed by atoms with Crippen LogP contribution in [0.15, 0.2) is 0 Å². The zero-order valence-electron chi connectivity index (χ0n) is 12.5. The summed E-state index contributed by atoms with van der Waals surface area (Å²) in [5.41, 5.74) is 0. The summed E-state index contributed by atoms with van der Waals surface area (Å²) in [7, 11) is 0. The van der Waals surface area contributed by atoms with Crippen molar-refractivity contribution in [3.05, 3.63) is 0 Å². The van der Waals surface area contributed by atoms with Crippen LogP contribution in [0.2, 0.25) is 0 Å². The molecule has 0 N–H and O–H groups in total. The molecule has 0 nitrogen and oxygen atoms in total. The summed E-state index contributed by atoms with van der Waals surface area (Å²) in [6.45, 7) is 8.92. The molecule has 16 heavy (non-hydrogen) atoms. The minimum Gasteiger partial charge on any atom is -0.0654 e. The molecule has 0 radical (unpaired) electrons. The highest BCUT2D eigenvalue weighted by Gasteiger charge is 1.90. The largest absolute Gasteiger partial charge is 0.0654 e. The smallest absolute Gasteiger partial charge is 0.0533 e. The van der Waals surface area contributed by atoms with Crippen LogP contribution in [0.3, 0.4) is 0 Å². The fourth-order valence-corrected chi connectivity index (χ4v) is 1.56. The van der Waals surface area contributed by atoms with Crippen LogP contribution in [0, 0.1) is 0 Å². The monoisotopic (exact) mass is 228 g/mol. The summed E-state index contributed by atoms with van der Waals surface area (Å²) in [5.74, 6) is 0. The first-order valence-corrected chi connectivity index (χ1v) is 7.83. The molecule has 0 bridgehead atoms. The lowest BCUT2D eigenvalue weighted by Gasteiger charge is -1.99. The summed E-state index contributed by atoms with van der Waals surface area (Å²) >= 11 is 0. The van der Waals surface area contributed by atoms with E-state index in [1.807, 2.05) is 0 Å². The van der Waals surface area contributed by atoms with Crippen molar-refractivity contribution in [3.63, 3.8) is 0 Å². The van der Waals surface area contributed by atoms with Gasteiger partial charge in [-0.3, -0.25) is 0 Å². The van der Waals surface area contributed by atoms with Gasteiger partial charge in [0.15, 0.2) is 0 Å². The van der Waals surface area contributed by atoms with Crippen molar-refractivity contribution in [1.29, 1.82) is 0 Å². The number of rotatable bonds is 10. The van der Waals surface area contributed by atoms with E-state index >= 15 is 0 Å². The minimum absolute atomic E-state index is 1.32. The molecule has 0 amide bonds. The van der Waals surface area contributed by atoms with E-state index in [0.29, 0.717) is 0 Å². The molecule has 0 aromatic rings. The highest BCUT2D eigenvalue weighted by atomic mass is 14.0. The lowest BCUT2D eigenvalue weighted by atomic mass is 10.1. The van der Waals surface area contributed by atoms with Crippen molar-refractivity contribution < 1.29 is 0 Å². The summed E-state index contributed by atoms with van der Waals surface area (Å²) in [5, 5.41) is 0. The predicted molar refractivity (Wildman–Crippen MR) is 78.1 cm³/mol. The first-order valence-electron chi connectivity index (χ1n) is 7.83. The Hall–Kier alpha value is 0. The topological polar surface area (TPSA) is 0 Å². The lowest BCUT2D eigenvalue weighted by molar-refractivity contribution is 0.562. The van der Waals surface area contributed by atoms with Crippen molar-refractivity contribution >= 4 is 0 Å². The highest BCUT2D eigenvalue weighted by Crippen LogP contribution is 2.09. The van der Waals surface area contributed by atoms with Crippen LogP contribution in [0.5, 0.6) is 0 Å². The quantitative estimate of drug-likeness (QED) is 0.363. The Kier molecular flexibility index (Phi) is 23.4. The number of hydrogen-bond donors (Lipinski definition) is 0. The molecular weight excluding hydrogens is 192 g/mol. The zero-order valence-corrected chi connectivity index (χ0v) is 12.5. The van der Waals surface area contributed by atoms with Crippen molar-refractivity contribution in [2.24, 2.45) is 0 Å². The molecule has 0 aliphatic carbocycles. The van der Waals surface area contributed by atoms with Gasteiger partial charge in [-0.1, -0.05) is 105 Å². The van der Waals surface area contributed by atoms with E-state index in [2.05, 4.69) is 27.7 Å². The number of unbranched alkanes of at least 4 members (excludes halogenated alkanes) is 10. The minimum atomic E-state index is 1.32. The first kappa shape index (κ1) is 18.4. The van der Waals surface area contributed by atoms with Gasteiger partial charge in [0.2, 0.25) is 0 Å². The first-order chi connectivity index (χ1) is 7.83. The van der Waals surface area contributed by atoms with E-state index in [-0.39, 0.29) is 0 Å². The molecule has 0 saturated carbocycles. The van der Waals surface area contributed by atoms with E-state index in [0.717, 1.165) is 0 Å². The molecule has 0 aliphatic heterocycles. The fraction of sp³-hybridized carbons (Fsp3) is 1.00. The maximum absolute atomic E-state index is 2.28. The molecule has 100 valence electrons. The van der Waals surface area contributed by atoms with Crippen LogP contribution in [0.1, 0.15) is 105 Å². The molecule has 0 aromatic carbocycles. The fourth-order valence-electron chi connectivity index (χ4n) is 1.56. The molecular formula is C16H36. The van der Waals surface area contributed by atoms with Crippen molar-refractivity contribution in [2.75, 3.05) is 0 Å². The Morgan fingerprint density at radius 3 is 0.750 bits per heavy atom. The second-order valence-corrected chi connectivity index (χ2v) is 4.83. The van der Waals surface area contributed by atoms with Crippen LogP contribution < -0.4 is 0 Å². The molecule has 0 saturated heterocycles. The second kappa shape index (κ2) is 20.4. The lowest BCUT2D eigenvalue weighted by Crippen LogP contribution is -1.80. The molecule has 0 heterocycles. The van der Waals surface area contributed by atoms with Crippen molar-refractivity contribution in [2.45, 2.75) is 105 Å². The molecule has 0 aliphatic rings. The molecule has 0 atom stereocenters. The summed E-state index contributed by atoms with van der Waals surface area (Å²) in [6.07, 6.45) is 17.1. The second-order valence-electron chi connectivity index (χ2n) is 4.83. The third kappa shape index (κ3) is 23.7. The third-order valence-electron chi connectivity index (χ3n) is 2.96. The standard InChI is InChI=1S/C12H26.C4H10/c1-3-5-7-9-11-12-10-8-6-4-2;1-3-4-2/h3-12H2,1-2H3;3-4H2,1-2H3. The Balaban J connectivity index is 0. The van der Waals surface area contributed by atoms with Gasteiger partial charge in [-0.05, 0) is 0 Å². The van der Waals surface area contributed by atoms with E-state index in [9.17, 15) is 0 Å². The van der Waals surface area contributed by atoms with Gasteiger partial charge in [0, 0.05) is 0 Å². The van der Waals surface area contributed by atoms with Crippen molar-refractivity contribution in [3.8, 4) is 0 Å². The summed E-state index contributed by atoms with van der Waals surface area (Å²) < 4.78 is 0. The molecule has 0 heteroatoms. The van der Waals surface area contributed by atoms with E-state index in [4.69, 9.17) is 0 Å². The Morgan fingerprint density at radius 1 is 0.312 bits per heavy atom. The van der Waals surface area contributed by atoms with Crippen molar-refractivity contribution in [1.82, 2.24) is 0 Å². The van der Waals surface area contributed by atoms with Gasteiger partial charge in [0.05, 0.1) is 0 Å². The van der Waals surface area contributed by atoms with E-state index in [1.54, 1.807) is 0 Å². The van der Waals surface area contributed by atoms with Crippen LogP contribution >= 0.6 is 0 Å². The van der Waals surface area contributed by atoms with Crippen LogP contribution in [0.25, 0.3) is 0 Å². The predicted octanol–water partition coefficient (Wildman–Crippen LogP) is 6.73. The van der Waals surface area contributed by atoms with Gasteiger partial charge in [0.1, 0.15) is 0 Å². The Morgan fingerprint density at radius 2 is 0.562 bits per heavy atom. The molecule has 0 rings (SSSR count). The van der Waals surface area contributed by atoms with Gasteiger partial charge < -0.3 is 0 Å². The van der Waals surface area contributed by atoms with E-state index < -0.39 is 0 Å². The third-order valence-corrected chi connectivity index (χ3v) is 2.96. The number of hydrogen-bond acceptors (Lipinski definition) is 0. The maximum Gasteiger partial charge on any atom is -0.0533 e. The normalized spacial score (nSPS) is 9.75. The summed E-state index contributed by atoms with van der Waals surface area (Å²) in [6, 6.07) is 0. The van der Waals surface area contributed by atoms with Crippen LogP contribution in [-0.4, -0.2) is 0 Å².